The van der Waals surface area contributed by atoms with Crippen molar-refractivity contribution in [1.82, 2.24) is 14.8 Å². The monoisotopic (exact) mass is 261 g/mol. The van der Waals surface area contributed by atoms with Crippen molar-refractivity contribution in [2.45, 2.75) is 13.3 Å². The summed E-state index contributed by atoms with van der Waals surface area (Å²) < 4.78 is 1.79. The van der Waals surface area contributed by atoms with Gasteiger partial charge in [0.25, 0.3) is 0 Å². The lowest BCUT2D eigenvalue weighted by Crippen LogP contribution is -2.11. The second kappa shape index (κ2) is 5.14. The van der Waals surface area contributed by atoms with Gasteiger partial charge >= 0.3 is 0 Å². The predicted octanol–water partition coefficient (Wildman–Crippen LogP) is 1.76. The van der Waals surface area contributed by atoms with Crippen molar-refractivity contribution in [2.75, 3.05) is 5.32 Å². The molecule has 0 aliphatic heterocycles. The van der Waals surface area contributed by atoms with E-state index < -0.39 is 0 Å². The summed E-state index contributed by atoms with van der Waals surface area (Å²) in [6, 6.07) is 3.70. The van der Waals surface area contributed by atoms with Gasteiger partial charge in [-0.15, -0.1) is 0 Å². The third-order valence-corrected chi connectivity index (χ3v) is 2.74. The molecule has 0 amide bonds. The number of aromatic nitrogens is 3. The van der Waals surface area contributed by atoms with E-state index in [4.69, 9.17) is 18.0 Å². The molecule has 0 saturated heterocycles. The molecule has 2 aromatic rings. The highest BCUT2D eigenvalue weighted by molar-refractivity contribution is 7.80. The van der Waals surface area contributed by atoms with E-state index in [-0.39, 0.29) is 0 Å². The fourth-order valence-electron chi connectivity index (χ4n) is 1.70. The van der Waals surface area contributed by atoms with Crippen molar-refractivity contribution in [3.8, 4) is 0 Å². The van der Waals surface area contributed by atoms with Gasteiger partial charge in [0.1, 0.15) is 4.99 Å². The summed E-state index contributed by atoms with van der Waals surface area (Å²) in [7, 11) is 1.90. The summed E-state index contributed by atoms with van der Waals surface area (Å²) in [4.78, 5) is 4.39. The summed E-state index contributed by atoms with van der Waals surface area (Å²) in [6.45, 7) is 2.07. The first-order valence-electron chi connectivity index (χ1n) is 5.65. The first-order valence-corrected chi connectivity index (χ1v) is 6.06. The van der Waals surface area contributed by atoms with Crippen LogP contribution in [0.2, 0.25) is 0 Å². The van der Waals surface area contributed by atoms with Gasteiger partial charge in [-0.3, -0.25) is 9.67 Å². The Morgan fingerprint density at radius 1 is 1.56 bits per heavy atom. The first-order chi connectivity index (χ1) is 8.60. The standard InChI is InChI=1S/C12H15N5S/c1-3-9-11(7-17(2)16-9)15-8-4-5-14-10(6-8)12(13)18/h4-7H,3H2,1-2H3,(H2,13,18)(H,14,15). The number of anilines is 2. The first kappa shape index (κ1) is 12.5. The Balaban J connectivity index is 2.28. The summed E-state index contributed by atoms with van der Waals surface area (Å²) in [5, 5.41) is 7.67. The average molecular weight is 261 g/mol. The minimum atomic E-state index is 0.292. The van der Waals surface area contributed by atoms with Crippen molar-refractivity contribution in [3.63, 3.8) is 0 Å². The molecule has 0 fully saturated rings. The van der Waals surface area contributed by atoms with Gasteiger partial charge in [-0.1, -0.05) is 19.1 Å². The number of pyridine rings is 1. The number of nitrogens with zero attached hydrogens (tertiary/aromatic N) is 3. The molecule has 0 aliphatic rings. The smallest absolute Gasteiger partial charge is 0.122 e. The van der Waals surface area contributed by atoms with Crippen LogP contribution in [0.15, 0.2) is 24.5 Å². The fourth-order valence-corrected chi connectivity index (χ4v) is 1.81. The average Bonchev–Trinajstić information content (AvgIpc) is 2.69. The SMILES string of the molecule is CCc1nn(C)cc1Nc1ccnc(C(N)=S)c1. The summed E-state index contributed by atoms with van der Waals surface area (Å²) in [5.41, 5.74) is 9.07. The van der Waals surface area contributed by atoms with Gasteiger partial charge in [-0.05, 0) is 18.6 Å². The molecule has 0 aliphatic carbocycles. The minimum Gasteiger partial charge on any atom is -0.388 e. The predicted molar refractivity (Wildman–Crippen MR) is 76.0 cm³/mol. The molecule has 0 bridgehead atoms. The summed E-state index contributed by atoms with van der Waals surface area (Å²) in [5.74, 6) is 0. The van der Waals surface area contributed by atoms with E-state index in [1.807, 2.05) is 25.4 Å². The molecule has 18 heavy (non-hydrogen) atoms. The van der Waals surface area contributed by atoms with Gasteiger partial charge in [0.2, 0.25) is 0 Å². The van der Waals surface area contributed by atoms with Crippen LogP contribution in [0, 0.1) is 0 Å². The van der Waals surface area contributed by atoms with Gasteiger partial charge in [-0.2, -0.15) is 5.10 Å². The van der Waals surface area contributed by atoms with Gasteiger partial charge in [0.05, 0.1) is 17.1 Å². The summed E-state index contributed by atoms with van der Waals surface area (Å²) >= 11 is 4.91. The Labute approximate surface area is 111 Å². The molecule has 0 saturated carbocycles. The molecule has 0 spiro atoms. The highest BCUT2D eigenvalue weighted by Gasteiger charge is 2.07. The van der Waals surface area contributed by atoms with Gasteiger partial charge < -0.3 is 11.1 Å². The van der Waals surface area contributed by atoms with Crippen molar-refractivity contribution in [1.29, 1.82) is 0 Å². The maximum absolute atomic E-state index is 5.56. The Hall–Kier alpha value is -1.95. The fraction of sp³-hybridized carbons (Fsp3) is 0.250. The number of thiocarbonyl (C=S) groups is 1. The Morgan fingerprint density at radius 3 is 3.00 bits per heavy atom. The molecule has 94 valence electrons. The quantitative estimate of drug-likeness (QED) is 0.821. The van der Waals surface area contributed by atoms with Gasteiger partial charge in [-0.25, -0.2) is 0 Å². The Bertz CT molecular complexity index is 576. The number of rotatable bonds is 4. The maximum Gasteiger partial charge on any atom is 0.122 e. The number of hydrogen-bond donors (Lipinski definition) is 2. The molecule has 0 unspecified atom stereocenters. The largest absolute Gasteiger partial charge is 0.388 e. The third-order valence-electron chi connectivity index (χ3n) is 2.53. The zero-order valence-corrected chi connectivity index (χ0v) is 11.2. The van der Waals surface area contributed by atoms with Crippen LogP contribution in [0.3, 0.4) is 0 Å². The van der Waals surface area contributed by atoms with E-state index in [9.17, 15) is 0 Å². The molecule has 2 heterocycles. The highest BCUT2D eigenvalue weighted by atomic mass is 32.1. The zero-order valence-electron chi connectivity index (χ0n) is 10.3. The third kappa shape index (κ3) is 2.65. The van der Waals surface area contributed by atoms with Crippen LogP contribution in [0.1, 0.15) is 18.3 Å². The van der Waals surface area contributed by atoms with Crippen molar-refractivity contribution >= 4 is 28.6 Å². The summed E-state index contributed by atoms with van der Waals surface area (Å²) in [6.07, 6.45) is 4.49. The van der Waals surface area contributed by atoms with Crippen LogP contribution in [0.5, 0.6) is 0 Å². The van der Waals surface area contributed by atoms with E-state index in [2.05, 4.69) is 22.3 Å². The van der Waals surface area contributed by atoms with Crippen LogP contribution in [0.25, 0.3) is 0 Å². The van der Waals surface area contributed by atoms with Crippen molar-refractivity contribution in [3.05, 3.63) is 35.9 Å². The lowest BCUT2D eigenvalue weighted by Gasteiger charge is -2.06. The molecule has 5 nitrogen and oxygen atoms in total. The molecule has 2 rings (SSSR count). The second-order valence-corrected chi connectivity index (χ2v) is 4.38. The minimum absolute atomic E-state index is 0.292. The second-order valence-electron chi connectivity index (χ2n) is 3.94. The number of nitrogens with two attached hydrogens (primary N) is 1. The Kier molecular flexibility index (Phi) is 3.57. The zero-order chi connectivity index (χ0) is 13.1. The van der Waals surface area contributed by atoms with Crippen LogP contribution in [0.4, 0.5) is 11.4 Å². The van der Waals surface area contributed by atoms with E-state index in [1.165, 1.54) is 0 Å². The molecule has 0 atom stereocenters. The number of nitrogens with one attached hydrogen (secondary N) is 1. The molecular formula is C12H15N5S. The van der Waals surface area contributed by atoms with E-state index in [1.54, 1.807) is 10.9 Å². The topological polar surface area (TPSA) is 68.8 Å². The lowest BCUT2D eigenvalue weighted by molar-refractivity contribution is 0.746. The van der Waals surface area contributed by atoms with Crippen molar-refractivity contribution in [2.24, 2.45) is 12.8 Å². The van der Waals surface area contributed by atoms with E-state index >= 15 is 0 Å². The van der Waals surface area contributed by atoms with Crippen LogP contribution >= 0.6 is 12.2 Å². The number of aryl methyl sites for hydroxylation is 2. The van der Waals surface area contributed by atoms with Gasteiger partial charge in [0, 0.05) is 25.1 Å². The maximum atomic E-state index is 5.56. The normalized spacial score (nSPS) is 10.3. The van der Waals surface area contributed by atoms with E-state index in [0.717, 1.165) is 23.5 Å². The van der Waals surface area contributed by atoms with Crippen LogP contribution in [-0.4, -0.2) is 19.8 Å². The van der Waals surface area contributed by atoms with Gasteiger partial charge in [0.15, 0.2) is 0 Å². The molecular weight excluding hydrogens is 246 g/mol. The Morgan fingerprint density at radius 2 is 2.33 bits per heavy atom. The molecule has 3 N–H and O–H groups in total. The highest BCUT2D eigenvalue weighted by Crippen LogP contribution is 2.20. The molecule has 2 aromatic heterocycles. The lowest BCUT2D eigenvalue weighted by atomic mass is 10.2. The number of hydrogen-bond acceptors (Lipinski definition) is 4. The molecule has 6 heteroatoms. The molecule has 0 aromatic carbocycles. The van der Waals surface area contributed by atoms with Crippen molar-refractivity contribution < 1.29 is 0 Å². The van der Waals surface area contributed by atoms with E-state index in [0.29, 0.717) is 10.7 Å². The molecule has 0 radical (unpaired) electrons. The van der Waals surface area contributed by atoms with Crippen LogP contribution in [-0.2, 0) is 13.5 Å². The van der Waals surface area contributed by atoms with Crippen LogP contribution < -0.4 is 11.1 Å².